The van der Waals surface area contributed by atoms with Crippen LogP contribution in [0.4, 0.5) is 5.95 Å². The van der Waals surface area contributed by atoms with Crippen molar-refractivity contribution < 1.29 is 4.74 Å². The van der Waals surface area contributed by atoms with Gasteiger partial charge in [0.25, 0.3) is 5.56 Å². The summed E-state index contributed by atoms with van der Waals surface area (Å²) in [5, 5.41) is 11.3. The molecule has 194 valence electrons. The van der Waals surface area contributed by atoms with Crippen LogP contribution in [0.5, 0.6) is 0 Å². The van der Waals surface area contributed by atoms with E-state index in [1.807, 2.05) is 37.1 Å². The summed E-state index contributed by atoms with van der Waals surface area (Å²) in [5.41, 5.74) is 2.55. The molecule has 0 N–H and O–H groups in total. The number of rotatable bonds is 4. The van der Waals surface area contributed by atoms with Crippen molar-refractivity contribution in [2.24, 2.45) is 20.0 Å². The van der Waals surface area contributed by atoms with E-state index in [4.69, 9.17) is 26.4 Å². The van der Waals surface area contributed by atoms with E-state index in [1.165, 1.54) is 6.42 Å². The lowest BCUT2D eigenvalue weighted by Gasteiger charge is -2.27. The summed E-state index contributed by atoms with van der Waals surface area (Å²) in [5.74, 6) is 1.40. The third-order valence-electron chi connectivity index (χ3n) is 8.75. The third kappa shape index (κ3) is 3.39. The van der Waals surface area contributed by atoms with E-state index in [2.05, 4.69) is 16.9 Å². The smallest absolute Gasteiger partial charge is 0.266 e. The Morgan fingerprint density at radius 3 is 2.76 bits per heavy atom. The Morgan fingerprint density at radius 1 is 1.14 bits per heavy atom. The lowest BCUT2D eigenvalue weighted by molar-refractivity contribution is -0.0368. The molecule has 0 radical (unpaired) electrons. The van der Waals surface area contributed by atoms with Gasteiger partial charge in [-0.25, -0.2) is 4.68 Å². The Hall–Kier alpha value is -2.91. The van der Waals surface area contributed by atoms with Gasteiger partial charge in [0.2, 0.25) is 5.95 Å². The molecule has 2 bridgehead atoms. The first-order valence-corrected chi connectivity index (χ1v) is 13.9. The molecule has 0 spiro atoms. The number of aryl methyl sites for hydroxylation is 1. The summed E-state index contributed by atoms with van der Waals surface area (Å²) >= 11 is 6.92. The van der Waals surface area contributed by atoms with Crippen molar-refractivity contribution in [1.29, 1.82) is 0 Å². The lowest BCUT2D eigenvalue weighted by atomic mass is 9.87. The van der Waals surface area contributed by atoms with E-state index in [-0.39, 0.29) is 11.8 Å². The summed E-state index contributed by atoms with van der Waals surface area (Å²) in [6.07, 6.45) is 9.21. The van der Waals surface area contributed by atoms with Crippen molar-refractivity contribution >= 4 is 39.5 Å². The molecule has 0 saturated carbocycles. The topological polar surface area (TPSA) is 83.0 Å². The summed E-state index contributed by atoms with van der Waals surface area (Å²) in [6.45, 7) is 2.94. The van der Waals surface area contributed by atoms with Gasteiger partial charge in [0.15, 0.2) is 11.9 Å². The van der Waals surface area contributed by atoms with Crippen LogP contribution >= 0.6 is 11.6 Å². The second-order valence-corrected chi connectivity index (χ2v) is 11.2. The van der Waals surface area contributed by atoms with E-state index in [1.54, 1.807) is 9.25 Å². The first kappa shape index (κ1) is 23.2. The van der Waals surface area contributed by atoms with Crippen LogP contribution in [0, 0.1) is 5.92 Å². The van der Waals surface area contributed by atoms with Crippen molar-refractivity contribution in [2.45, 2.75) is 70.2 Å². The van der Waals surface area contributed by atoms with Crippen LogP contribution in [0.2, 0.25) is 5.02 Å². The second kappa shape index (κ2) is 8.56. The average molecular weight is 522 g/mol. The minimum absolute atomic E-state index is 0.0984. The number of fused-ring (bicyclic) bond motifs is 4. The van der Waals surface area contributed by atoms with Gasteiger partial charge in [-0.3, -0.25) is 14.0 Å². The second-order valence-electron chi connectivity index (χ2n) is 10.9. The molecule has 4 aromatic rings. The monoisotopic (exact) mass is 521 g/mol. The number of hydrogen-bond donors (Lipinski definition) is 0. The SMILES string of the molecule is CC[C@@H]1C[C@@H]2CC[C@H]1N2c1nc2c(c(-c3ccc4nn(C)cc4c3Cl)nn2C2CCCCO2)c(=O)n1C. The first-order valence-electron chi connectivity index (χ1n) is 13.5. The molecule has 3 aliphatic rings. The fourth-order valence-electron chi connectivity index (χ4n) is 6.92. The van der Waals surface area contributed by atoms with Gasteiger partial charge in [-0.05, 0) is 56.6 Å². The summed E-state index contributed by atoms with van der Waals surface area (Å²) in [4.78, 5) is 21.7. The predicted octanol–water partition coefficient (Wildman–Crippen LogP) is 4.80. The van der Waals surface area contributed by atoms with Gasteiger partial charge in [-0.2, -0.15) is 15.2 Å². The van der Waals surface area contributed by atoms with Gasteiger partial charge in [0.05, 0.1) is 10.5 Å². The normalized spacial score (nSPS) is 25.7. The van der Waals surface area contributed by atoms with Crippen molar-refractivity contribution in [2.75, 3.05) is 11.5 Å². The Balaban J connectivity index is 1.47. The van der Waals surface area contributed by atoms with Crippen LogP contribution in [0.1, 0.15) is 58.1 Å². The van der Waals surface area contributed by atoms with Crippen LogP contribution in [-0.4, -0.2) is 47.8 Å². The standard InChI is InChI=1S/C27H32ClN7O2/c1-4-15-13-16-8-11-20(15)34(16)27-29-25-22(26(36)33(27)3)24(31-35(25)21-7-5-6-12-37-21)17-9-10-19-18(23(17)28)14-32(2)30-19/h9-10,14-16,20-21H,4-8,11-13H2,1-3H3/t15-,16+,20-,21?/m1/s1. The molecule has 1 aromatic carbocycles. The van der Waals surface area contributed by atoms with Crippen LogP contribution in [0.15, 0.2) is 23.1 Å². The van der Waals surface area contributed by atoms with Crippen molar-refractivity contribution in [3.8, 4) is 11.3 Å². The van der Waals surface area contributed by atoms with Gasteiger partial charge in [-0.15, -0.1) is 0 Å². The number of nitrogens with zero attached hydrogens (tertiary/aromatic N) is 7. The molecule has 3 fully saturated rings. The molecule has 0 amide bonds. The predicted molar refractivity (Wildman–Crippen MR) is 144 cm³/mol. The van der Waals surface area contributed by atoms with Crippen molar-refractivity contribution in [1.82, 2.24) is 29.1 Å². The highest BCUT2D eigenvalue weighted by Crippen LogP contribution is 2.45. The Bertz CT molecular complexity index is 1580. The highest BCUT2D eigenvalue weighted by Gasteiger charge is 2.47. The number of ether oxygens (including phenoxy) is 1. The molecule has 10 heteroatoms. The quantitative estimate of drug-likeness (QED) is 0.383. The molecule has 7 rings (SSSR count). The number of benzene rings is 1. The molecule has 6 heterocycles. The zero-order valence-electron chi connectivity index (χ0n) is 21.5. The number of anilines is 1. The summed E-state index contributed by atoms with van der Waals surface area (Å²) in [6, 6.07) is 4.72. The minimum atomic E-state index is -0.253. The van der Waals surface area contributed by atoms with Crippen LogP contribution in [-0.2, 0) is 18.8 Å². The Morgan fingerprint density at radius 2 is 2.00 bits per heavy atom. The first-order chi connectivity index (χ1) is 18.0. The molecular formula is C27H32ClN7O2. The number of hydrogen-bond acceptors (Lipinski definition) is 6. The Labute approximate surface area is 220 Å². The maximum absolute atomic E-state index is 14.1. The van der Waals surface area contributed by atoms with Gasteiger partial charge in [0, 0.05) is 49.9 Å². The molecule has 37 heavy (non-hydrogen) atoms. The summed E-state index contributed by atoms with van der Waals surface area (Å²) in [7, 11) is 3.71. The largest absolute Gasteiger partial charge is 0.356 e. The Kier molecular flexibility index (Phi) is 5.37. The molecule has 3 saturated heterocycles. The average Bonchev–Trinajstić information content (AvgIpc) is 3.67. The minimum Gasteiger partial charge on any atom is -0.356 e. The van der Waals surface area contributed by atoms with Crippen LogP contribution in [0.25, 0.3) is 33.2 Å². The molecule has 3 aliphatic heterocycles. The fraction of sp³-hybridized carbons (Fsp3) is 0.556. The van der Waals surface area contributed by atoms with E-state index >= 15 is 0 Å². The zero-order chi connectivity index (χ0) is 25.4. The molecule has 1 unspecified atom stereocenters. The number of aromatic nitrogens is 6. The number of halogens is 1. The highest BCUT2D eigenvalue weighted by atomic mass is 35.5. The van der Waals surface area contributed by atoms with Gasteiger partial charge >= 0.3 is 0 Å². The van der Waals surface area contributed by atoms with Crippen molar-refractivity contribution in [3.05, 3.63) is 33.7 Å². The van der Waals surface area contributed by atoms with E-state index in [0.29, 0.717) is 51.9 Å². The third-order valence-corrected chi connectivity index (χ3v) is 9.16. The zero-order valence-corrected chi connectivity index (χ0v) is 22.3. The molecule has 0 aliphatic carbocycles. The van der Waals surface area contributed by atoms with Crippen LogP contribution < -0.4 is 10.5 Å². The van der Waals surface area contributed by atoms with Gasteiger partial charge in [-0.1, -0.05) is 24.9 Å². The van der Waals surface area contributed by atoms with Gasteiger partial charge < -0.3 is 9.64 Å². The van der Waals surface area contributed by atoms with Gasteiger partial charge in [0.1, 0.15) is 11.1 Å². The molecule has 9 nitrogen and oxygen atoms in total. The van der Waals surface area contributed by atoms with Crippen molar-refractivity contribution in [3.63, 3.8) is 0 Å². The van der Waals surface area contributed by atoms with E-state index in [9.17, 15) is 4.79 Å². The molecule has 3 aromatic heterocycles. The highest BCUT2D eigenvalue weighted by molar-refractivity contribution is 6.38. The van der Waals surface area contributed by atoms with E-state index in [0.717, 1.165) is 55.4 Å². The lowest BCUT2D eigenvalue weighted by Crippen LogP contribution is -2.36. The maximum Gasteiger partial charge on any atom is 0.266 e. The molecule has 4 atom stereocenters. The molecular weight excluding hydrogens is 490 g/mol. The van der Waals surface area contributed by atoms with E-state index < -0.39 is 0 Å². The van der Waals surface area contributed by atoms with Crippen LogP contribution in [0.3, 0.4) is 0 Å². The maximum atomic E-state index is 14.1. The fourth-order valence-corrected chi connectivity index (χ4v) is 7.22. The summed E-state index contributed by atoms with van der Waals surface area (Å²) < 4.78 is 11.4.